The molecule has 1 aromatic heterocycles. The summed E-state index contributed by atoms with van der Waals surface area (Å²) >= 11 is 0. The van der Waals surface area contributed by atoms with Gasteiger partial charge in [-0.25, -0.2) is 4.98 Å². The lowest BCUT2D eigenvalue weighted by atomic mass is 10.1. The zero-order valence-corrected chi connectivity index (χ0v) is 13.4. The largest absolute Gasteiger partial charge is 0.398 e. The van der Waals surface area contributed by atoms with Crippen molar-refractivity contribution >= 4 is 11.5 Å². The SMILES string of the molecule is CC(C)N1CCN(c2ccc(-c3ccccc3N)cn2)CC1. The van der Waals surface area contributed by atoms with Crippen molar-refractivity contribution in [3.05, 3.63) is 42.6 Å². The number of piperazine rings is 1. The van der Waals surface area contributed by atoms with Gasteiger partial charge in [0, 0.05) is 55.2 Å². The van der Waals surface area contributed by atoms with Crippen LogP contribution in [0, 0.1) is 0 Å². The molecule has 2 heterocycles. The third-order valence-electron chi connectivity index (χ3n) is 4.39. The second-order valence-electron chi connectivity index (χ2n) is 6.11. The maximum absolute atomic E-state index is 6.03. The molecule has 2 aromatic rings. The Kier molecular flexibility index (Phi) is 4.29. The molecule has 1 saturated heterocycles. The van der Waals surface area contributed by atoms with E-state index in [0.29, 0.717) is 6.04 Å². The zero-order valence-electron chi connectivity index (χ0n) is 13.4. The zero-order chi connectivity index (χ0) is 15.5. The Morgan fingerprint density at radius 1 is 1.00 bits per heavy atom. The van der Waals surface area contributed by atoms with Crippen molar-refractivity contribution in [3.8, 4) is 11.1 Å². The van der Waals surface area contributed by atoms with E-state index in [2.05, 4.69) is 40.8 Å². The average Bonchev–Trinajstić information content (AvgIpc) is 2.56. The van der Waals surface area contributed by atoms with E-state index in [1.807, 2.05) is 30.5 Å². The maximum atomic E-state index is 6.03. The third-order valence-corrected chi connectivity index (χ3v) is 4.39. The van der Waals surface area contributed by atoms with Crippen LogP contribution in [0.25, 0.3) is 11.1 Å². The summed E-state index contributed by atoms with van der Waals surface area (Å²) < 4.78 is 0. The van der Waals surface area contributed by atoms with E-state index in [4.69, 9.17) is 5.73 Å². The minimum absolute atomic E-state index is 0.624. The third kappa shape index (κ3) is 3.07. The van der Waals surface area contributed by atoms with Crippen molar-refractivity contribution in [3.63, 3.8) is 0 Å². The van der Waals surface area contributed by atoms with Gasteiger partial charge in [-0.1, -0.05) is 18.2 Å². The smallest absolute Gasteiger partial charge is 0.128 e. The second-order valence-corrected chi connectivity index (χ2v) is 6.11. The number of benzene rings is 1. The molecule has 1 aliphatic rings. The van der Waals surface area contributed by atoms with Crippen LogP contribution in [-0.2, 0) is 0 Å². The molecule has 4 nitrogen and oxygen atoms in total. The molecule has 1 aromatic carbocycles. The van der Waals surface area contributed by atoms with Crippen LogP contribution in [0.4, 0.5) is 11.5 Å². The number of anilines is 2. The highest BCUT2D eigenvalue weighted by molar-refractivity contribution is 5.76. The average molecular weight is 296 g/mol. The molecule has 116 valence electrons. The summed E-state index contributed by atoms with van der Waals surface area (Å²) in [7, 11) is 0. The van der Waals surface area contributed by atoms with E-state index in [1.54, 1.807) is 0 Å². The van der Waals surface area contributed by atoms with Gasteiger partial charge in [-0.2, -0.15) is 0 Å². The normalized spacial score (nSPS) is 16.2. The number of rotatable bonds is 3. The fourth-order valence-electron chi connectivity index (χ4n) is 2.96. The van der Waals surface area contributed by atoms with Crippen molar-refractivity contribution in [2.75, 3.05) is 36.8 Å². The van der Waals surface area contributed by atoms with Crippen molar-refractivity contribution in [2.24, 2.45) is 0 Å². The molecule has 0 unspecified atom stereocenters. The predicted octanol–water partition coefficient (Wildman–Crippen LogP) is 2.86. The Morgan fingerprint density at radius 3 is 2.32 bits per heavy atom. The molecule has 0 amide bonds. The second kappa shape index (κ2) is 6.36. The van der Waals surface area contributed by atoms with Gasteiger partial charge in [0.1, 0.15) is 5.82 Å². The van der Waals surface area contributed by atoms with Crippen LogP contribution in [0.3, 0.4) is 0 Å². The first-order valence-corrected chi connectivity index (χ1v) is 7.95. The Morgan fingerprint density at radius 2 is 1.73 bits per heavy atom. The summed E-state index contributed by atoms with van der Waals surface area (Å²) in [6.45, 7) is 8.80. The topological polar surface area (TPSA) is 45.4 Å². The molecule has 0 atom stereocenters. The van der Waals surface area contributed by atoms with Gasteiger partial charge >= 0.3 is 0 Å². The van der Waals surface area contributed by atoms with Crippen molar-refractivity contribution in [1.29, 1.82) is 0 Å². The molecular formula is C18H24N4. The van der Waals surface area contributed by atoms with Gasteiger partial charge in [0.05, 0.1) is 0 Å². The first-order valence-electron chi connectivity index (χ1n) is 7.95. The molecule has 4 heteroatoms. The lowest BCUT2D eigenvalue weighted by molar-refractivity contribution is 0.209. The highest BCUT2D eigenvalue weighted by Crippen LogP contribution is 2.26. The van der Waals surface area contributed by atoms with E-state index in [1.165, 1.54) is 0 Å². The van der Waals surface area contributed by atoms with E-state index in [0.717, 1.165) is 48.8 Å². The van der Waals surface area contributed by atoms with Gasteiger partial charge in [0.25, 0.3) is 0 Å². The van der Waals surface area contributed by atoms with Gasteiger partial charge in [-0.3, -0.25) is 4.90 Å². The van der Waals surface area contributed by atoms with E-state index >= 15 is 0 Å². The van der Waals surface area contributed by atoms with Crippen molar-refractivity contribution in [1.82, 2.24) is 9.88 Å². The summed E-state index contributed by atoms with van der Waals surface area (Å²) in [4.78, 5) is 9.51. The summed E-state index contributed by atoms with van der Waals surface area (Å²) in [5, 5.41) is 0. The number of hydrogen-bond acceptors (Lipinski definition) is 4. The number of hydrogen-bond donors (Lipinski definition) is 1. The molecule has 3 rings (SSSR count). The minimum Gasteiger partial charge on any atom is -0.398 e. The van der Waals surface area contributed by atoms with Crippen molar-refractivity contribution in [2.45, 2.75) is 19.9 Å². The van der Waals surface area contributed by atoms with Crippen LogP contribution in [0.5, 0.6) is 0 Å². The van der Waals surface area contributed by atoms with Crippen LogP contribution < -0.4 is 10.6 Å². The van der Waals surface area contributed by atoms with Gasteiger partial charge < -0.3 is 10.6 Å². The monoisotopic (exact) mass is 296 g/mol. The summed E-state index contributed by atoms with van der Waals surface area (Å²) in [5.41, 5.74) is 8.95. The minimum atomic E-state index is 0.624. The molecule has 2 N–H and O–H groups in total. The van der Waals surface area contributed by atoms with Gasteiger partial charge in [0.2, 0.25) is 0 Å². The fraction of sp³-hybridized carbons (Fsp3) is 0.389. The molecule has 1 aliphatic heterocycles. The van der Waals surface area contributed by atoms with Crippen LogP contribution in [0.15, 0.2) is 42.6 Å². The number of pyridine rings is 1. The predicted molar refractivity (Wildman–Crippen MR) is 93.0 cm³/mol. The Labute approximate surface area is 132 Å². The Bertz CT molecular complexity index is 613. The van der Waals surface area contributed by atoms with E-state index < -0.39 is 0 Å². The molecular weight excluding hydrogens is 272 g/mol. The molecule has 0 spiro atoms. The highest BCUT2D eigenvalue weighted by atomic mass is 15.3. The standard InChI is InChI=1S/C18H24N4/c1-14(2)21-9-11-22(12-10-21)18-8-7-15(13-20-18)16-5-3-4-6-17(16)19/h3-8,13-14H,9-12,19H2,1-2H3. The number of nitrogens with zero attached hydrogens (tertiary/aromatic N) is 3. The van der Waals surface area contributed by atoms with Crippen molar-refractivity contribution < 1.29 is 0 Å². The quantitative estimate of drug-likeness (QED) is 0.885. The van der Waals surface area contributed by atoms with Crippen LogP contribution >= 0.6 is 0 Å². The maximum Gasteiger partial charge on any atom is 0.128 e. The van der Waals surface area contributed by atoms with Crippen LogP contribution in [0.2, 0.25) is 0 Å². The number of para-hydroxylation sites is 1. The first kappa shape index (κ1) is 14.9. The van der Waals surface area contributed by atoms with Gasteiger partial charge in [-0.15, -0.1) is 0 Å². The lowest BCUT2D eigenvalue weighted by Crippen LogP contribution is -2.49. The molecule has 22 heavy (non-hydrogen) atoms. The van der Waals surface area contributed by atoms with E-state index in [-0.39, 0.29) is 0 Å². The summed E-state index contributed by atoms with van der Waals surface area (Å²) in [6, 6.07) is 12.8. The Hall–Kier alpha value is -2.07. The van der Waals surface area contributed by atoms with Crippen LogP contribution in [0.1, 0.15) is 13.8 Å². The number of aromatic nitrogens is 1. The molecule has 1 fully saturated rings. The summed E-state index contributed by atoms with van der Waals surface area (Å²) in [5.74, 6) is 1.06. The Balaban J connectivity index is 1.72. The molecule has 0 saturated carbocycles. The molecule has 0 radical (unpaired) electrons. The van der Waals surface area contributed by atoms with Gasteiger partial charge in [-0.05, 0) is 32.0 Å². The number of nitrogen functional groups attached to an aromatic ring is 1. The first-order chi connectivity index (χ1) is 10.6. The number of nitrogens with two attached hydrogens (primary N) is 1. The fourth-order valence-corrected chi connectivity index (χ4v) is 2.96. The highest BCUT2D eigenvalue weighted by Gasteiger charge is 2.19. The molecule has 0 bridgehead atoms. The van der Waals surface area contributed by atoms with E-state index in [9.17, 15) is 0 Å². The van der Waals surface area contributed by atoms with Gasteiger partial charge in [0.15, 0.2) is 0 Å². The molecule has 0 aliphatic carbocycles. The van der Waals surface area contributed by atoms with Crippen LogP contribution in [-0.4, -0.2) is 42.1 Å². The summed E-state index contributed by atoms with van der Waals surface area (Å²) in [6.07, 6.45) is 1.93. The lowest BCUT2D eigenvalue weighted by Gasteiger charge is -2.37.